The van der Waals surface area contributed by atoms with Crippen molar-refractivity contribution in [3.05, 3.63) is 59.3 Å². The van der Waals surface area contributed by atoms with E-state index in [9.17, 15) is 4.79 Å². The number of methoxy groups -OCH3 is 2. The van der Waals surface area contributed by atoms with E-state index in [1.165, 1.54) is 20.3 Å². The first-order valence-corrected chi connectivity index (χ1v) is 6.82. The van der Waals surface area contributed by atoms with Crippen LogP contribution in [0.2, 0.25) is 5.02 Å². The fourth-order valence-corrected chi connectivity index (χ4v) is 1.94. The van der Waals surface area contributed by atoms with E-state index >= 15 is 0 Å². The average molecular weight is 336 g/mol. The van der Waals surface area contributed by atoms with Crippen molar-refractivity contribution in [1.82, 2.24) is 5.32 Å². The number of esters is 1. The molecule has 0 fully saturated rings. The monoisotopic (exact) mass is 335 g/mol. The van der Waals surface area contributed by atoms with Gasteiger partial charge in [0.1, 0.15) is 17.3 Å². The topological polar surface area (TPSA) is 97.4 Å². The minimum absolute atomic E-state index is 0.0334. The van der Waals surface area contributed by atoms with Gasteiger partial charge in [0, 0.05) is 16.8 Å². The molecule has 122 valence electrons. The van der Waals surface area contributed by atoms with Crippen molar-refractivity contribution in [2.45, 2.75) is 0 Å². The van der Waals surface area contributed by atoms with Gasteiger partial charge in [-0.3, -0.25) is 5.41 Å². The quantitative estimate of drug-likeness (QED) is 0.234. The fraction of sp³-hybridized carbons (Fsp3) is 0.125. The summed E-state index contributed by atoms with van der Waals surface area (Å²) >= 11 is 5.98. The van der Waals surface area contributed by atoms with E-state index in [1.54, 1.807) is 18.2 Å². The van der Waals surface area contributed by atoms with Gasteiger partial charge in [-0.15, -0.1) is 0 Å². The molecule has 1 aromatic carbocycles. The van der Waals surface area contributed by atoms with E-state index in [4.69, 9.17) is 32.2 Å². The van der Waals surface area contributed by atoms with Crippen molar-refractivity contribution in [2.75, 3.05) is 14.2 Å². The molecule has 0 aliphatic carbocycles. The van der Waals surface area contributed by atoms with Crippen molar-refractivity contribution in [1.29, 1.82) is 5.41 Å². The lowest BCUT2D eigenvalue weighted by Gasteiger charge is -2.15. The van der Waals surface area contributed by atoms with Gasteiger partial charge in [0.2, 0.25) is 0 Å². The first kappa shape index (κ1) is 18.3. The molecule has 7 heteroatoms. The van der Waals surface area contributed by atoms with E-state index < -0.39 is 5.97 Å². The van der Waals surface area contributed by atoms with Crippen LogP contribution in [0.4, 0.5) is 0 Å². The summed E-state index contributed by atoms with van der Waals surface area (Å²) < 4.78 is 9.84. The van der Waals surface area contributed by atoms with Crippen LogP contribution in [0.15, 0.2) is 48.7 Å². The molecule has 0 aromatic heterocycles. The molecule has 0 saturated carbocycles. The maximum Gasteiger partial charge on any atom is 0.355 e. The smallest absolute Gasteiger partial charge is 0.355 e. The molecule has 0 aliphatic heterocycles. The standard InChI is InChI=1S/C16H18ClN3O3/c1-5-11(15(18)19)14(16(21)23-4)20-9(2)10-6-7-12(17)13(8-10)22-3/h5-8,20H,1-2H2,3-4H3,(H3,18,19). The van der Waals surface area contributed by atoms with Gasteiger partial charge >= 0.3 is 5.97 Å². The summed E-state index contributed by atoms with van der Waals surface area (Å²) in [4.78, 5) is 11.9. The third kappa shape index (κ3) is 4.37. The molecule has 0 bridgehead atoms. The zero-order chi connectivity index (χ0) is 17.6. The predicted octanol–water partition coefficient (Wildman–Crippen LogP) is 2.46. The number of carbonyl (C=O) groups excluding carboxylic acids is 1. The molecule has 0 spiro atoms. The molecule has 23 heavy (non-hydrogen) atoms. The Labute approximate surface area is 139 Å². The number of benzene rings is 1. The number of hydrogen-bond donors (Lipinski definition) is 3. The van der Waals surface area contributed by atoms with E-state index in [2.05, 4.69) is 18.5 Å². The van der Waals surface area contributed by atoms with Gasteiger partial charge in [-0.25, -0.2) is 4.79 Å². The second-order valence-corrected chi connectivity index (χ2v) is 4.76. The molecular weight excluding hydrogens is 318 g/mol. The summed E-state index contributed by atoms with van der Waals surface area (Å²) in [6.45, 7) is 7.41. The summed E-state index contributed by atoms with van der Waals surface area (Å²) in [5, 5.41) is 10.8. The molecule has 0 heterocycles. The number of ether oxygens (including phenoxy) is 2. The van der Waals surface area contributed by atoms with Crippen molar-refractivity contribution in [3.63, 3.8) is 0 Å². The van der Waals surface area contributed by atoms with Crippen LogP contribution in [-0.4, -0.2) is 26.0 Å². The van der Waals surface area contributed by atoms with Crippen LogP contribution in [0.5, 0.6) is 5.75 Å². The van der Waals surface area contributed by atoms with Gasteiger partial charge in [-0.05, 0) is 12.1 Å². The van der Waals surface area contributed by atoms with Gasteiger partial charge in [-0.2, -0.15) is 0 Å². The lowest BCUT2D eigenvalue weighted by atomic mass is 10.1. The molecule has 4 N–H and O–H groups in total. The zero-order valence-corrected chi connectivity index (χ0v) is 13.7. The average Bonchev–Trinajstić information content (AvgIpc) is 2.53. The lowest BCUT2D eigenvalue weighted by Crippen LogP contribution is -2.26. The minimum Gasteiger partial charge on any atom is -0.495 e. The minimum atomic E-state index is -0.697. The van der Waals surface area contributed by atoms with Gasteiger partial charge in [-0.1, -0.05) is 36.9 Å². The molecule has 0 saturated heterocycles. The van der Waals surface area contributed by atoms with Crippen LogP contribution >= 0.6 is 11.6 Å². The molecule has 0 unspecified atom stereocenters. The number of carbonyl (C=O) groups is 1. The molecule has 1 aromatic rings. The Balaban J connectivity index is 3.24. The van der Waals surface area contributed by atoms with Gasteiger partial charge < -0.3 is 20.5 Å². The maximum absolute atomic E-state index is 11.9. The van der Waals surface area contributed by atoms with Crippen LogP contribution in [0.1, 0.15) is 5.56 Å². The van der Waals surface area contributed by atoms with E-state index in [-0.39, 0.29) is 17.1 Å². The molecule has 0 radical (unpaired) electrons. The van der Waals surface area contributed by atoms with Crippen LogP contribution in [0.3, 0.4) is 0 Å². The molecule has 0 atom stereocenters. The van der Waals surface area contributed by atoms with Crippen LogP contribution in [0, 0.1) is 5.41 Å². The summed E-state index contributed by atoms with van der Waals surface area (Å²) in [6, 6.07) is 5.01. The summed E-state index contributed by atoms with van der Waals surface area (Å²) in [6.07, 6.45) is 1.29. The normalized spacial score (nSPS) is 11.1. The van der Waals surface area contributed by atoms with E-state index in [0.29, 0.717) is 22.0 Å². The van der Waals surface area contributed by atoms with Crippen molar-refractivity contribution >= 4 is 29.1 Å². The maximum atomic E-state index is 11.9. The van der Waals surface area contributed by atoms with Crippen LogP contribution in [-0.2, 0) is 9.53 Å². The number of nitrogens with one attached hydrogen (secondary N) is 2. The van der Waals surface area contributed by atoms with E-state index in [0.717, 1.165) is 0 Å². The first-order chi connectivity index (χ1) is 10.8. The Kier molecular flexibility index (Phi) is 6.41. The van der Waals surface area contributed by atoms with Gasteiger partial charge in [0.15, 0.2) is 0 Å². The molecule has 6 nitrogen and oxygen atoms in total. The van der Waals surface area contributed by atoms with Crippen molar-refractivity contribution < 1.29 is 14.3 Å². The Hall–Kier alpha value is -2.73. The summed E-state index contributed by atoms with van der Waals surface area (Å²) in [7, 11) is 2.71. The van der Waals surface area contributed by atoms with Crippen molar-refractivity contribution in [2.24, 2.45) is 5.73 Å². The van der Waals surface area contributed by atoms with E-state index in [1.807, 2.05) is 0 Å². The van der Waals surface area contributed by atoms with Gasteiger partial charge in [0.05, 0.1) is 19.2 Å². The molecule has 0 aliphatic rings. The Morgan fingerprint density at radius 3 is 2.57 bits per heavy atom. The van der Waals surface area contributed by atoms with Crippen molar-refractivity contribution in [3.8, 4) is 5.75 Å². The molecule has 0 amide bonds. The highest BCUT2D eigenvalue weighted by molar-refractivity contribution is 6.32. The molecular formula is C16H18ClN3O3. The number of halogens is 1. The Morgan fingerprint density at radius 1 is 1.43 bits per heavy atom. The summed E-state index contributed by atoms with van der Waals surface area (Å²) in [5.41, 5.74) is 6.55. The van der Waals surface area contributed by atoms with Crippen LogP contribution in [0.25, 0.3) is 5.70 Å². The second kappa shape index (κ2) is 8.05. The highest BCUT2D eigenvalue weighted by atomic mass is 35.5. The fourth-order valence-electron chi connectivity index (χ4n) is 1.75. The number of amidine groups is 1. The third-order valence-corrected chi connectivity index (χ3v) is 3.24. The largest absolute Gasteiger partial charge is 0.495 e. The number of rotatable bonds is 7. The Bertz CT molecular complexity index is 696. The highest BCUT2D eigenvalue weighted by Gasteiger charge is 2.18. The summed E-state index contributed by atoms with van der Waals surface area (Å²) in [5.74, 6) is -0.558. The highest BCUT2D eigenvalue weighted by Crippen LogP contribution is 2.27. The molecule has 1 rings (SSSR count). The number of hydrogen-bond acceptors (Lipinski definition) is 5. The third-order valence-electron chi connectivity index (χ3n) is 2.93. The predicted molar refractivity (Wildman–Crippen MR) is 91.3 cm³/mol. The first-order valence-electron chi connectivity index (χ1n) is 6.45. The lowest BCUT2D eigenvalue weighted by molar-refractivity contribution is -0.136. The van der Waals surface area contributed by atoms with Crippen LogP contribution < -0.4 is 15.8 Å². The van der Waals surface area contributed by atoms with Gasteiger partial charge in [0.25, 0.3) is 0 Å². The second-order valence-electron chi connectivity index (χ2n) is 4.35. The Morgan fingerprint density at radius 2 is 2.09 bits per heavy atom. The number of nitrogens with two attached hydrogens (primary N) is 1. The zero-order valence-electron chi connectivity index (χ0n) is 12.9. The SMILES string of the molecule is C=CC(C(=N)N)=C(NC(=C)c1ccc(Cl)c(OC)c1)C(=O)OC.